The van der Waals surface area contributed by atoms with Crippen LogP contribution in [0.5, 0.6) is 0 Å². The molecule has 3 aromatic rings. The van der Waals surface area contributed by atoms with Crippen molar-refractivity contribution in [3.63, 3.8) is 0 Å². The average Bonchev–Trinajstić information content (AvgIpc) is 3.22. The van der Waals surface area contributed by atoms with Crippen LogP contribution >= 0.6 is 0 Å². The molecular formula is C17H16F3N5O4. The molecule has 0 radical (unpaired) electrons. The quantitative estimate of drug-likeness (QED) is 0.603. The lowest BCUT2D eigenvalue weighted by Crippen LogP contribution is -2.21. The molecule has 0 bridgehead atoms. The third-order valence-corrected chi connectivity index (χ3v) is 3.65. The Bertz CT molecular complexity index is 1010. The van der Waals surface area contributed by atoms with Gasteiger partial charge in [-0.25, -0.2) is 9.78 Å². The van der Waals surface area contributed by atoms with Gasteiger partial charge >= 0.3 is 12.1 Å². The summed E-state index contributed by atoms with van der Waals surface area (Å²) in [4.78, 5) is 25.1. The number of aliphatic carboxylic acids is 1. The van der Waals surface area contributed by atoms with Crippen LogP contribution < -0.4 is 11.1 Å². The number of amides is 1. The number of aromatic nitrogens is 3. The van der Waals surface area contributed by atoms with Crippen LogP contribution in [0.15, 0.2) is 41.2 Å². The summed E-state index contributed by atoms with van der Waals surface area (Å²) in [5.74, 6) is -2.91. The minimum absolute atomic E-state index is 0.0719. The van der Waals surface area contributed by atoms with Crippen molar-refractivity contribution < 1.29 is 32.4 Å². The van der Waals surface area contributed by atoms with E-state index in [0.29, 0.717) is 5.69 Å². The Kier molecular flexibility index (Phi) is 6.26. The topological polar surface area (TPSA) is 136 Å². The fraction of sp³-hybridized carbons (Fsp3) is 0.176. The minimum atomic E-state index is -5.08. The van der Waals surface area contributed by atoms with Crippen LogP contribution in [0.1, 0.15) is 21.9 Å². The fourth-order valence-corrected chi connectivity index (χ4v) is 2.05. The molecule has 2 heterocycles. The van der Waals surface area contributed by atoms with E-state index in [1.54, 1.807) is 6.33 Å². The zero-order valence-electron chi connectivity index (χ0n) is 15.2. The van der Waals surface area contributed by atoms with Gasteiger partial charge < -0.3 is 25.2 Å². The van der Waals surface area contributed by atoms with Gasteiger partial charge in [-0.05, 0) is 38.1 Å². The molecule has 1 amide bonds. The van der Waals surface area contributed by atoms with Gasteiger partial charge in [0, 0.05) is 23.1 Å². The number of carbonyl (C=O) groups excluding carboxylic acids is 1. The Morgan fingerprint density at radius 2 is 1.79 bits per heavy atom. The molecule has 2 aromatic heterocycles. The van der Waals surface area contributed by atoms with Crippen molar-refractivity contribution in [3.05, 3.63) is 53.8 Å². The van der Waals surface area contributed by atoms with E-state index in [9.17, 15) is 18.0 Å². The predicted octanol–water partition coefficient (Wildman–Crippen LogP) is 2.94. The fourth-order valence-electron chi connectivity index (χ4n) is 2.05. The number of rotatable bonds is 3. The van der Waals surface area contributed by atoms with Crippen LogP contribution in [-0.2, 0) is 4.79 Å². The summed E-state index contributed by atoms with van der Waals surface area (Å²) in [5, 5.41) is 13.3. The van der Waals surface area contributed by atoms with Gasteiger partial charge in [0.05, 0.1) is 12.0 Å². The van der Waals surface area contributed by atoms with E-state index >= 15 is 0 Å². The van der Waals surface area contributed by atoms with E-state index in [1.165, 1.54) is 6.07 Å². The van der Waals surface area contributed by atoms with Gasteiger partial charge in [-0.15, -0.1) is 0 Å². The maximum absolute atomic E-state index is 11.9. The van der Waals surface area contributed by atoms with E-state index in [1.807, 2.05) is 42.7 Å². The van der Waals surface area contributed by atoms with Crippen molar-refractivity contribution in [2.24, 2.45) is 0 Å². The van der Waals surface area contributed by atoms with E-state index < -0.39 is 18.1 Å². The van der Waals surface area contributed by atoms with Crippen LogP contribution in [-0.4, -0.2) is 37.9 Å². The number of hydrogen-bond donors (Lipinski definition) is 3. The number of benzene rings is 1. The molecule has 0 aliphatic heterocycles. The van der Waals surface area contributed by atoms with Crippen molar-refractivity contribution in [2.45, 2.75) is 20.0 Å². The Morgan fingerprint density at radius 1 is 1.21 bits per heavy atom. The highest BCUT2D eigenvalue weighted by Gasteiger charge is 2.38. The van der Waals surface area contributed by atoms with E-state index in [4.69, 9.17) is 20.2 Å². The molecule has 0 atom stereocenters. The average molecular weight is 411 g/mol. The molecule has 1 aromatic carbocycles. The van der Waals surface area contributed by atoms with Crippen LogP contribution in [0, 0.1) is 13.8 Å². The monoisotopic (exact) mass is 411 g/mol. The second kappa shape index (κ2) is 8.46. The first-order chi connectivity index (χ1) is 13.5. The van der Waals surface area contributed by atoms with Gasteiger partial charge in [0.2, 0.25) is 5.76 Å². The van der Waals surface area contributed by atoms with Crippen LogP contribution in [0.4, 0.5) is 24.7 Å². The lowest BCUT2D eigenvalue weighted by atomic mass is 10.2. The minimum Gasteiger partial charge on any atom is -0.475 e. The summed E-state index contributed by atoms with van der Waals surface area (Å²) in [6, 6.07) is 8.79. The predicted molar refractivity (Wildman–Crippen MR) is 95.6 cm³/mol. The molecule has 0 saturated heterocycles. The van der Waals surface area contributed by atoms with E-state index in [2.05, 4.69) is 15.5 Å². The summed E-state index contributed by atoms with van der Waals surface area (Å²) in [5.41, 5.74) is 9.10. The van der Waals surface area contributed by atoms with Crippen molar-refractivity contribution in [1.29, 1.82) is 0 Å². The number of nitrogens with two attached hydrogens (primary N) is 1. The maximum atomic E-state index is 11.9. The lowest BCUT2D eigenvalue weighted by molar-refractivity contribution is -0.192. The van der Waals surface area contributed by atoms with Gasteiger partial charge in [0.25, 0.3) is 5.91 Å². The molecule has 12 heteroatoms. The summed E-state index contributed by atoms with van der Waals surface area (Å²) >= 11 is 0. The normalized spacial score (nSPS) is 10.8. The van der Waals surface area contributed by atoms with Gasteiger partial charge in [-0.1, -0.05) is 5.16 Å². The smallest absolute Gasteiger partial charge is 0.475 e. The molecule has 154 valence electrons. The summed E-state index contributed by atoms with van der Waals surface area (Å²) < 4.78 is 38.5. The highest BCUT2D eigenvalue weighted by molar-refractivity contribution is 6.02. The molecule has 0 unspecified atom stereocenters. The van der Waals surface area contributed by atoms with Crippen molar-refractivity contribution >= 4 is 23.4 Å². The molecule has 0 aliphatic carbocycles. The summed E-state index contributed by atoms with van der Waals surface area (Å²) in [6.07, 6.45) is -3.31. The Morgan fingerprint density at radius 3 is 2.21 bits per heavy atom. The number of hydrogen-bond acceptors (Lipinski definition) is 6. The molecule has 0 spiro atoms. The highest BCUT2D eigenvalue weighted by atomic mass is 19.4. The van der Waals surface area contributed by atoms with Crippen molar-refractivity contribution in [1.82, 2.24) is 14.7 Å². The Balaban J connectivity index is 0.000000370. The second-order valence-electron chi connectivity index (χ2n) is 5.71. The lowest BCUT2D eigenvalue weighted by Gasteiger charge is -2.07. The molecule has 0 saturated carbocycles. The second-order valence-corrected chi connectivity index (χ2v) is 5.71. The van der Waals surface area contributed by atoms with Crippen LogP contribution in [0.3, 0.4) is 0 Å². The first-order valence-electron chi connectivity index (χ1n) is 7.93. The number of imidazole rings is 1. The zero-order chi connectivity index (χ0) is 21.8. The number of anilines is 2. The largest absolute Gasteiger partial charge is 0.490 e. The standard InChI is InChI=1S/C15H15N5O2.C2HF3O2/c1-9-10(2)20(8-17-9)12-5-3-11(4-6-12)18-15(21)13-7-14(16)19-22-13;3-2(4,5)1(6)7/h3-8H,1-2H3,(H2,16,19)(H,18,21);(H,6,7). The molecular weight excluding hydrogens is 395 g/mol. The molecule has 4 N–H and O–H groups in total. The first kappa shape index (κ1) is 21.5. The number of carbonyl (C=O) groups is 2. The first-order valence-corrected chi connectivity index (χ1v) is 7.93. The van der Waals surface area contributed by atoms with Crippen molar-refractivity contribution in [2.75, 3.05) is 11.1 Å². The van der Waals surface area contributed by atoms with Crippen LogP contribution in [0.2, 0.25) is 0 Å². The number of halogens is 3. The van der Waals surface area contributed by atoms with E-state index in [-0.39, 0.29) is 11.6 Å². The van der Waals surface area contributed by atoms with Gasteiger partial charge in [0.15, 0.2) is 5.82 Å². The zero-order valence-corrected chi connectivity index (χ0v) is 15.2. The van der Waals surface area contributed by atoms with Crippen molar-refractivity contribution in [3.8, 4) is 5.69 Å². The molecule has 9 nitrogen and oxygen atoms in total. The number of alkyl halides is 3. The summed E-state index contributed by atoms with van der Waals surface area (Å²) in [6.45, 7) is 3.97. The third-order valence-electron chi connectivity index (χ3n) is 3.65. The maximum Gasteiger partial charge on any atom is 0.490 e. The highest BCUT2D eigenvalue weighted by Crippen LogP contribution is 2.17. The number of aryl methyl sites for hydroxylation is 1. The molecule has 29 heavy (non-hydrogen) atoms. The molecule has 0 fully saturated rings. The van der Waals surface area contributed by atoms with Gasteiger partial charge in [-0.3, -0.25) is 4.79 Å². The Labute approximate surface area is 161 Å². The summed E-state index contributed by atoms with van der Waals surface area (Å²) in [7, 11) is 0. The third kappa shape index (κ3) is 5.57. The molecule has 0 aliphatic rings. The van der Waals surface area contributed by atoms with Gasteiger partial charge in [0.1, 0.15) is 0 Å². The number of nitrogen functional groups attached to an aromatic ring is 1. The number of carboxylic acid groups (broad SMARTS) is 1. The van der Waals surface area contributed by atoms with Gasteiger partial charge in [-0.2, -0.15) is 13.2 Å². The number of nitrogens with zero attached hydrogens (tertiary/aromatic N) is 3. The SMILES string of the molecule is Cc1ncn(-c2ccc(NC(=O)c3cc(N)no3)cc2)c1C.O=C(O)C(F)(F)F. The molecule has 3 rings (SSSR count). The number of nitrogens with one attached hydrogen (secondary N) is 1. The Hall–Kier alpha value is -3.83. The van der Waals surface area contributed by atoms with Crippen LogP contribution in [0.25, 0.3) is 5.69 Å². The van der Waals surface area contributed by atoms with E-state index in [0.717, 1.165) is 17.1 Å². The number of carboxylic acids is 1.